The lowest BCUT2D eigenvalue weighted by Gasteiger charge is -2.25. The molecule has 2 N–H and O–H groups in total. The number of rotatable bonds is 5. The lowest BCUT2D eigenvalue weighted by atomic mass is 9.94. The van der Waals surface area contributed by atoms with Crippen molar-refractivity contribution in [2.75, 3.05) is 20.3 Å². The zero-order chi connectivity index (χ0) is 12.8. The third-order valence-electron chi connectivity index (χ3n) is 3.17. The molecular weight excluding hydrogens is 264 g/mol. The number of aryl methyl sites for hydroxylation is 1. The van der Waals surface area contributed by atoms with Crippen LogP contribution in [0.2, 0.25) is 0 Å². The molecule has 0 aromatic carbocycles. The summed E-state index contributed by atoms with van der Waals surface area (Å²) in [5.74, 6) is 0. The molecular formula is C13H20N2OS2. The minimum atomic E-state index is 0.391. The maximum absolute atomic E-state index is 5.33. The first-order chi connectivity index (χ1) is 8.81. The van der Waals surface area contributed by atoms with Crippen LogP contribution in [0.4, 0.5) is 0 Å². The fourth-order valence-electron chi connectivity index (χ4n) is 2.26. The summed E-state index contributed by atoms with van der Waals surface area (Å²) in [6.07, 6.45) is 4.62. The van der Waals surface area contributed by atoms with Crippen molar-refractivity contribution in [3.63, 3.8) is 0 Å². The molecule has 1 aromatic rings. The van der Waals surface area contributed by atoms with Crippen LogP contribution in [0.15, 0.2) is 11.4 Å². The van der Waals surface area contributed by atoms with Gasteiger partial charge in [0.2, 0.25) is 0 Å². The van der Waals surface area contributed by atoms with E-state index < -0.39 is 0 Å². The van der Waals surface area contributed by atoms with Crippen LogP contribution in [-0.2, 0) is 11.2 Å². The summed E-state index contributed by atoms with van der Waals surface area (Å²) >= 11 is 7.19. The molecule has 1 unspecified atom stereocenters. The molecule has 0 amide bonds. The van der Waals surface area contributed by atoms with E-state index in [-0.39, 0.29) is 0 Å². The first kappa shape index (κ1) is 13.8. The smallest absolute Gasteiger partial charge is 0.166 e. The summed E-state index contributed by atoms with van der Waals surface area (Å²) in [6, 6.07) is 2.62. The summed E-state index contributed by atoms with van der Waals surface area (Å²) in [4.78, 5) is 1.51. The van der Waals surface area contributed by atoms with E-state index in [4.69, 9.17) is 17.0 Å². The Morgan fingerprint density at radius 3 is 3.33 bits per heavy atom. The topological polar surface area (TPSA) is 33.3 Å². The number of nitrogens with one attached hydrogen (secondary N) is 2. The first-order valence-corrected chi connectivity index (χ1v) is 7.69. The highest BCUT2D eigenvalue weighted by molar-refractivity contribution is 7.80. The van der Waals surface area contributed by atoms with Crippen LogP contribution in [0, 0.1) is 0 Å². The molecule has 1 heterocycles. The third kappa shape index (κ3) is 3.67. The molecule has 0 saturated carbocycles. The average molecular weight is 284 g/mol. The van der Waals surface area contributed by atoms with Crippen LogP contribution in [0.3, 0.4) is 0 Å². The van der Waals surface area contributed by atoms with Crippen molar-refractivity contribution in [3.8, 4) is 0 Å². The van der Waals surface area contributed by atoms with Crippen molar-refractivity contribution in [3.05, 3.63) is 21.9 Å². The van der Waals surface area contributed by atoms with Crippen LogP contribution in [0.5, 0.6) is 0 Å². The minimum absolute atomic E-state index is 0.391. The van der Waals surface area contributed by atoms with Gasteiger partial charge in [0.15, 0.2) is 5.11 Å². The van der Waals surface area contributed by atoms with E-state index in [0.29, 0.717) is 6.04 Å². The zero-order valence-electron chi connectivity index (χ0n) is 10.7. The van der Waals surface area contributed by atoms with Crippen LogP contribution in [-0.4, -0.2) is 25.4 Å². The van der Waals surface area contributed by atoms with Gasteiger partial charge in [-0.3, -0.25) is 0 Å². The van der Waals surface area contributed by atoms with Crippen LogP contribution in [0.25, 0.3) is 0 Å². The molecule has 0 fully saturated rings. The summed E-state index contributed by atoms with van der Waals surface area (Å²) in [7, 11) is 1.72. The predicted octanol–water partition coefficient (Wildman–Crippen LogP) is 2.63. The van der Waals surface area contributed by atoms with E-state index >= 15 is 0 Å². The number of methoxy groups -OCH3 is 1. The van der Waals surface area contributed by atoms with Gasteiger partial charge in [0.25, 0.3) is 0 Å². The van der Waals surface area contributed by atoms with Crippen molar-refractivity contribution < 1.29 is 4.74 Å². The van der Waals surface area contributed by atoms with Gasteiger partial charge in [-0.1, -0.05) is 0 Å². The molecule has 5 heteroatoms. The Morgan fingerprint density at radius 2 is 2.50 bits per heavy atom. The third-order valence-corrected chi connectivity index (χ3v) is 4.43. The number of fused-ring (bicyclic) bond motifs is 1. The molecule has 0 saturated heterocycles. The molecule has 1 atom stereocenters. The summed E-state index contributed by atoms with van der Waals surface area (Å²) in [5, 5.41) is 9.60. The Morgan fingerprint density at radius 1 is 1.61 bits per heavy atom. The van der Waals surface area contributed by atoms with E-state index in [1.807, 2.05) is 11.3 Å². The average Bonchev–Trinajstić information content (AvgIpc) is 2.84. The van der Waals surface area contributed by atoms with Gasteiger partial charge in [-0.15, -0.1) is 11.3 Å². The second-order valence-electron chi connectivity index (χ2n) is 4.49. The second-order valence-corrected chi connectivity index (χ2v) is 5.90. The Labute approximate surface area is 118 Å². The SMILES string of the molecule is COCCCNC(=S)NC1CCCc2sccc21. The standard InChI is InChI=1S/C13H20N2OS2/c1-16-8-3-7-14-13(17)15-11-4-2-5-12-10(11)6-9-18-12/h6,9,11H,2-5,7-8H2,1H3,(H2,14,15,17). The van der Waals surface area contributed by atoms with Crippen molar-refractivity contribution in [1.82, 2.24) is 10.6 Å². The van der Waals surface area contributed by atoms with Crippen molar-refractivity contribution in [2.45, 2.75) is 31.7 Å². The van der Waals surface area contributed by atoms with Crippen molar-refractivity contribution >= 4 is 28.7 Å². The van der Waals surface area contributed by atoms with Gasteiger partial charge in [0, 0.05) is 25.1 Å². The maximum atomic E-state index is 5.33. The molecule has 100 valence electrons. The van der Waals surface area contributed by atoms with E-state index in [1.54, 1.807) is 7.11 Å². The fourth-order valence-corrected chi connectivity index (χ4v) is 3.50. The predicted molar refractivity (Wildman–Crippen MR) is 80.2 cm³/mol. The summed E-state index contributed by atoms with van der Waals surface area (Å²) in [5.41, 5.74) is 1.44. The number of thiocarbonyl (C=S) groups is 1. The maximum Gasteiger partial charge on any atom is 0.166 e. The molecule has 0 aliphatic heterocycles. The van der Waals surface area contributed by atoms with E-state index in [0.717, 1.165) is 24.7 Å². The van der Waals surface area contributed by atoms with Gasteiger partial charge in [-0.2, -0.15) is 0 Å². The van der Waals surface area contributed by atoms with Gasteiger partial charge >= 0.3 is 0 Å². The minimum Gasteiger partial charge on any atom is -0.385 e. The van der Waals surface area contributed by atoms with Gasteiger partial charge in [0.05, 0.1) is 6.04 Å². The molecule has 0 bridgehead atoms. The van der Waals surface area contributed by atoms with Crippen molar-refractivity contribution in [2.24, 2.45) is 0 Å². The molecule has 1 aromatic heterocycles. The zero-order valence-corrected chi connectivity index (χ0v) is 12.3. The quantitative estimate of drug-likeness (QED) is 0.643. The Kier molecular flexibility index (Phi) is 5.41. The van der Waals surface area contributed by atoms with Crippen molar-refractivity contribution in [1.29, 1.82) is 0 Å². The van der Waals surface area contributed by atoms with E-state index in [2.05, 4.69) is 22.1 Å². The number of hydrogen-bond acceptors (Lipinski definition) is 3. The number of ether oxygens (including phenoxy) is 1. The first-order valence-electron chi connectivity index (χ1n) is 6.41. The molecule has 1 aliphatic rings. The molecule has 0 spiro atoms. The van der Waals surface area contributed by atoms with Crippen LogP contribution in [0.1, 0.15) is 35.7 Å². The normalized spacial score (nSPS) is 18.2. The van der Waals surface area contributed by atoms with Crippen LogP contribution < -0.4 is 10.6 Å². The second kappa shape index (κ2) is 7.07. The van der Waals surface area contributed by atoms with Crippen LogP contribution >= 0.6 is 23.6 Å². The highest BCUT2D eigenvalue weighted by Crippen LogP contribution is 2.33. The van der Waals surface area contributed by atoms with Gasteiger partial charge in [0.1, 0.15) is 0 Å². The van der Waals surface area contributed by atoms with Gasteiger partial charge < -0.3 is 15.4 Å². The molecule has 2 rings (SSSR count). The molecule has 0 radical (unpaired) electrons. The fraction of sp³-hybridized carbons (Fsp3) is 0.615. The van der Waals surface area contributed by atoms with Gasteiger partial charge in [-0.25, -0.2) is 0 Å². The largest absolute Gasteiger partial charge is 0.385 e. The Bertz CT molecular complexity index is 392. The lowest BCUT2D eigenvalue weighted by Crippen LogP contribution is -2.39. The highest BCUT2D eigenvalue weighted by Gasteiger charge is 2.21. The molecule has 1 aliphatic carbocycles. The van der Waals surface area contributed by atoms with E-state index in [9.17, 15) is 0 Å². The lowest BCUT2D eigenvalue weighted by molar-refractivity contribution is 0.195. The van der Waals surface area contributed by atoms with Gasteiger partial charge in [-0.05, 0) is 54.9 Å². The number of hydrogen-bond donors (Lipinski definition) is 2. The summed E-state index contributed by atoms with van der Waals surface area (Å²) < 4.78 is 5.01. The monoisotopic (exact) mass is 284 g/mol. The molecule has 18 heavy (non-hydrogen) atoms. The summed E-state index contributed by atoms with van der Waals surface area (Å²) in [6.45, 7) is 1.64. The highest BCUT2D eigenvalue weighted by atomic mass is 32.1. The Balaban J connectivity index is 1.78. The Hall–Kier alpha value is -0.650. The number of thiophene rings is 1. The molecule has 3 nitrogen and oxygen atoms in total. The van der Waals surface area contributed by atoms with E-state index in [1.165, 1.54) is 29.7 Å².